The molecule has 3 nitrogen and oxygen atoms in total. The number of hydrogen-bond acceptors (Lipinski definition) is 4. The number of aryl methyl sites for hydroxylation is 1. The van der Waals surface area contributed by atoms with E-state index in [-0.39, 0.29) is 36.6 Å². The number of nitrogens with one attached hydrogen (secondary N) is 1. The van der Waals surface area contributed by atoms with Crippen molar-refractivity contribution < 1.29 is 17.9 Å². The summed E-state index contributed by atoms with van der Waals surface area (Å²) in [7, 11) is 0. The highest BCUT2D eigenvalue weighted by molar-refractivity contribution is 7.12. The fraction of sp³-hybridized carbons (Fsp3) is 0.412. The fourth-order valence-electron chi connectivity index (χ4n) is 2.95. The normalized spacial score (nSPS) is 16.3. The van der Waals surface area contributed by atoms with Crippen molar-refractivity contribution in [2.24, 2.45) is 0 Å². The van der Waals surface area contributed by atoms with Crippen molar-refractivity contribution in [2.75, 3.05) is 26.2 Å². The SMILES string of the molecule is Cc1ccc([C@H](c2ccc(OC(F)(F)F)cc2)N2CCNCC2)s1.Cl.Cl. The first-order chi connectivity index (χ1) is 11.4. The van der Waals surface area contributed by atoms with E-state index in [1.165, 1.54) is 21.9 Å². The highest BCUT2D eigenvalue weighted by atomic mass is 35.5. The zero-order valence-corrected chi connectivity index (χ0v) is 16.5. The third-order valence-corrected chi connectivity index (χ3v) is 5.03. The summed E-state index contributed by atoms with van der Waals surface area (Å²) in [5.74, 6) is -0.187. The summed E-state index contributed by atoms with van der Waals surface area (Å²) in [5.41, 5.74) is 0.980. The van der Waals surface area contributed by atoms with Crippen LogP contribution in [0.2, 0.25) is 0 Å². The van der Waals surface area contributed by atoms with Gasteiger partial charge in [-0.25, -0.2) is 0 Å². The van der Waals surface area contributed by atoms with Crippen LogP contribution in [0.4, 0.5) is 13.2 Å². The average Bonchev–Trinajstić information content (AvgIpc) is 2.95. The predicted molar refractivity (Wildman–Crippen MR) is 103 cm³/mol. The molecule has 1 atom stereocenters. The molecule has 1 N–H and O–H groups in total. The Kier molecular flexibility index (Phi) is 8.69. The lowest BCUT2D eigenvalue weighted by molar-refractivity contribution is -0.274. The first kappa shape index (κ1) is 23.0. The van der Waals surface area contributed by atoms with Crippen LogP contribution < -0.4 is 10.1 Å². The number of alkyl halides is 3. The van der Waals surface area contributed by atoms with Gasteiger partial charge < -0.3 is 10.1 Å². The molecule has 1 aliphatic rings. The van der Waals surface area contributed by atoms with Crippen molar-refractivity contribution in [3.05, 3.63) is 51.7 Å². The van der Waals surface area contributed by atoms with E-state index in [0.29, 0.717) is 0 Å². The van der Waals surface area contributed by atoms with E-state index >= 15 is 0 Å². The first-order valence-electron chi connectivity index (χ1n) is 7.79. The molecular formula is C17H21Cl2F3N2OS. The minimum absolute atomic E-state index is 0. The van der Waals surface area contributed by atoms with Gasteiger partial charge in [-0.1, -0.05) is 12.1 Å². The molecule has 26 heavy (non-hydrogen) atoms. The molecular weight excluding hydrogens is 408 g/mol. The Labute approximate surface area is 167 Å². The molecule has 0 unspecified atom stereocenters. The van der Waals surface area contributed by atoms with Crippen LogP contribution in [0.5, 0.6) is 5.75 Å². The summed E-state index contributed by atoms with van der Waals surface area (Å²) in [4.78, 5) is 4.79. The van der Waals surface area contributed by atoms with Gasteiger partial charge >= 0.3 is 6.36 Å². The maximum absolute atomic E-state index is 12.3. The summed E-state index contributed by atoms with van der Waals surface area (Å²) in [6.45, 7) is 5.69. The van der Waals surface area contributed by atoms with Gasteiger partial charge in [0.15, 0.2) is 0 Å². The Hall–Kier alpha value is -0.990. The zero-order chi connectivity index (χ0) is 17.2. The molecule has 1 fully saturated rings. The Morgan fingerprint density at radius 3 is 2.15 bits per heavy atom. The van der Waals surface area contributed by atoms with Gasteiger partial charge in [-0.15, -0.1) is 49.3 Å². The summed E-state index contributed by atoms with van der Waals surface area (Å²) < 4.78 is 40.9. The van der Waals surface area contributed by atoms with Gasteiger partial charge in [0.05, 0.1) is 6.04 Å². The molecule has 1 aromatic heterocycles. The lowest BCUT2D eigenvalue weighted by Crippen LogP contribution is -2.45. The predicted octanol–water partition coefficient (Wildman–Crippen LogP) is 4.79. The van der Waals surface area contributed by atoms with E-state index in [4.69, 9.17) is 0 Å². The molecule has 3 rings (SSSR count). The van der Waals surface area contributed by atoms with E-state index in [2.05, 4.69) is 34.0 Å². The molecule has 0 saturated carbocycles. The number of halogens is 5. The van der Waals surface area contributed by atoms with Gasteiger partial charge in [0.2, 0.25) is 0 Å². The second-order valence-corrected chi connectivity index (χ2v) is 7.07. The van der Waals surface area contributed by atoms with Crippen LogP contribution in [0.3, 0.4) is 0 Å². The van der Waals surface area contributed by atoms with Gasteiger partial charge in [-0.2, -0.15) is 0 Å². The highest BCUT2D eigenvalue weighted by Gasteiger charge is 2.31. The van der Waals surface area contributed by atoms with Crippen LogP contribution in [0.1, 0.15) is 21.4 Å². The van der Waals surface area contributed by atoms with Gasteiger partial charge in [0, 0.05) is 35.9 Å². The lowest BCUT2D eigenvalue weighted by atomic mass is 10.0. The molecule has 0 amide bonds. The number of nitrogens with zero attached hydrogens (tertiary/aromatic N) is 1. The molecule has 0 aliphatic carbocycles. The molecule has 2 heterocycles. The van der Waals surface area contributed by atoms with Crippen LogP contribution in [0, 0.1) is 6.92 Å². The Morgan fingerprint density at radius 1 is 1.04 bits per heavy atom. The molecule has 0 spiro atoms. The van der Waals surface area contributed by atoms with Crippen LogP contribution in [-0.4, -0.2) is 37.4 Å². The van der Waals surface area contributed by atoms with Crippen molar-refractivity contribution in [1.82, 2.24) is 10.2 Å². The van der Waals surface area contributed by atoms with E-state index in [9.17, 15) is 13.2 Å². The quantitative estimate of drug-likeness (QED) is 0.756. The number of rotatable bonds is 4. The maximum atomic E-state index is 12.3. The molecule has 1 aliphatic heterocycles. The molecule has 0 bridgehead atoms. The minimum atomic E-state index is -4.66. The van der Waals surface area contributed by atoms with Crippen molar-refractivity contribution in [1.29, 1.82) is 0 Å². The van der Waals surface area contributed by atoms with E-state index < -0.39 is 6.36 Å². The molecule has 1 aromatic carbocycles. The van der Waals surface area contributed by atoms with Crippen molar-refractivity contribution in [3.63, 3.8) is 0 Å². The van der Waals surface area contributed by atoms with Crippen LogP contribution >= 0.6 is 36.2 Å². The second kappa shape index (κ2) is 9.80. The highest BCUT2D eigenvalue weighted by Crippen LogP contribution is 2.34. The van der Waals surface area contributed by atoms with E-state index in [1.54, 1.807) is 23.5 Å². The molecule has 1 saturated heterocycles. The summed E-state index contributed by atoms with van der Waals surface area (Å²) >= 11 is 1.73. The molecule has 2 aromatic rings. The number of hydrogen-bond donors (Lipinski definition) is 1. The Bertz CT molecular complexity index is 673. The summed E-state index contributed by atoms with van der Waals surface area (Å²) in [6.07, 6.45) is -4.66. The Balaban J connectivity index is 0.00000169. The van der Waals surface area contributed by atoms with Gasteiger partial charge in [0.25, 0.3) is 0 Å². The van der Waals surface area contributed by atoms with Crippen molar-refractivity contribution >= 4 is 36.2 Å². The van der Waals surface area contributed by atoms with Crippen LogP contribution in [-0.2, 0) is 0 Å². The molecule has 146 valence electrons. The third-order valence-electron chi connectivity index (χ3n) is 3.98. The smallest absolute Gasteiger partial charge is 0.406 e. The van der Waals surface area contributed by atoms with Crippen LogP contribution in [0.25, 0.3) is 0 Å². The van der Waals surface area contributed by atoms with Gasteiger partial charge in [-0.05, 0) is 36.8 Å². The van der Waals surface area contributed by atoms with Crippen LogP contribution in [0.15, 0.2) is 36.4 Å². The molecule has 0 radical (unpaired) electrons. The number of piperazine rings is 1. The first-order valence-corrected chi connectivity index (χ1v) is 8.61. The third kappa shape index (κ3) is 6.03. The maximum Gasteiger partial charge on any atom is 0.573 e. The minimum Gasteiger partial charge on any atom is -0.406 e. The second-order valence-electron chi connectivity index (χ2n) is 5.75. The van der Waals surface area contributed by atoms with Crippen molar-refractivity contribution in [3.8, 4) is 5.75 Å². The standard InChI is InChI=1S/C17H19F3N2OS.2ClH/c1-12-2-7-15(24-12)16(22-10-8-21-9-11-22)13-3-5-14(6-4-13)23-17(18,19)20;;/h2-7,16,21H,8-11H2,1H3;2*1H/t16-;;/m0../s1. The van der Waals surface area contributed by atoms with Gasteiger partial charge in [-0.3, -0.25) is 4.90 Å². The molecule has 9 heteroatoms. The largest absolute Gasteiger partial charge is 0.573 e. The number of thiophene rings is 1. The topological polar surface area (TPSA) is 24.5 Å². The monoisotopic (exact) mass is 428 g/mol. The summed E-state index contributed by atoms with van der Waals surface area (Å²) in [5, 5.41) is 3.33. The van der Waals surface area contributed by atoms with E-state index in [0.717, 1.165) is 31.7 Å². The average molecular weight is 429 g/mol. The number of benzene rings is 1. The summed E-state index contributed by atoms with van der Waals surface area (Å²) in [6, 6.07) is 10.5. The Morgan fingerprint density at radius 2 is 1.65 bits per heavy atom. The van der Waals surface area contributed by atoms with Crippen molar-refractivity contribution in [2.45, 2.75) is 19.3 Å². The lowest BCUT2D eigenvalue weighted by Gasteiger charge is -2.34. The zero-order valence-electron chi connectivity index (χ0n) is 14.1. The van der Waals surface area contributed by atoms with E-state index in [1.807, 2.05) is 0 Å². The number of ether oxygens (including phenoxy) is 1. The fourth-order valence-corrected chi connectivity index (χ4v) is 3.99. The van der Waals surface area contributed by atoms with Gasteiger partial charge in [0.1, 0.15) is 5.75 Å².